The lowest BCUT2D eigenvalue weighted by atomic mass is 9.83. The molecule has 0 aliphatic heterocycles. The fourth-order valence-corrected chi connectivity index (χ4v) is 1.54. The van der Waals surface area contributed by atoms with Crippen molar-refractivity contribution in [3.8, 4) is 0 Å². The van der Waals surface area contributed by atoms with E-state index in [-0.39, 0.29) is 6.42 Å². The molecule has 1 aromatic carbocycles. The van der Waals surface area contributed by atoms with E-state index >= 15 is 0 Å². The van der Waals surface area contributed by atoms with Gasteiger partial charge >= 0.3 is 5.97 Å². The highest BCUT2D eigenvalue weighted by atomic mass is 79.9. The number of aliphatic carboxylic acids is 1. The van der Waals surface area contributed by atoms with E-state index in [1.54, 1.807) is 24.3 Å². The van der Waals surface area contributed by atoms with Gasteiger partial charge in [0, 0.05) is 4.47 Å². The molecule has 0 aromatic heterocycles. The molecule has 0 fully saturated rings. The first kappa shape index (κ1) is 12.7. The lowest BCUT2D eigenvalue weighted by Crippen LogP contribution is -2.43. The SMILES string of the molecule is C[C@@](Cc1ccc(Br)cc1)(C(N)=O)C(=O)O. The van der Waals surface area contributed by atoms with Gasteiger partial charge in [0.05, 0.1) is 0 Å². The molecule has 0 radical (unpaired) electrons. The number of rotatable bonds is 4. The van der Waals surface area contributed by atoms with E-state index in [2.05, 4.69) is 15.9 Å². The number of carboxylic acid groups (broad SMARTS) is 1. The molecular weight excluding hydrogens is 274 g/mol. The fraction of sp³-hybridized carbons (Fsp3) is 0.273. The Morgan fingerprint density at radius 3 is 2.25 bits per heavy atom. The maximum Gasteiger partial charge on any atom is 0.319 e. The molecule has 1 atom stereocenters. The van der Waals surface area contributed by atoms with Crippen molar-refractivity contribution < 1.29 is 14.7 Å². The van der Waals surface area contributed by atoms with Gasteiger partial charge in [-0.3, -0.25) is 9.59 Å². The summed E-state index contributed by atoms with van der Waals surface area (Å²) >= 11 is 3.27. The van der Waals surface area contributed by atoms with Gasteiger partial charge in [0.25, 0.3) is 0 Å². The van der Waals surface area contributed by atoms with Crippen molar-refractivity contribution in [1.29, 1.82) is 0 Å². The summed E-state index contributed by atoms with van der Waals surface area (Å²) in [6.07, 6.45) is 0.0882. The Morgan fingerprint density at radius 2 is 1.88 bits per heavy atom. The van der Waals surface area contributed by atoms with Crippen LogP contribution >= 0.6 is 15.9 Å². The second-order valence-electron chi connectivity index (χ2n) is 3.80. The Morgan fingerprint density at radius 1 is 1.38 bits per heavy atom. The minimum Gasteiger partial charge on any atom is -0.480 e. The van der Waals surface area contributed by atoms with Crippen LogP contribution < -0.4 is 5.73 Å². The molecule has 0 bridgehead atoms. The number of hydrogen-bond acceptors (Lipinski definition) is 2. The average Bonchev–Trinajstić information content (AvgIpc) is 2.20. The first-order valence-corrected chi connectivity index (χ1v) is 5.43. The number of hydrogen-bond donors (Lipinski definition) is 2. The number of carbonyl (C=O) groups is 2. The molecule has 1 amide bonds. The van der Waals surface area contributed by atoms with Gasteiger partial charge in [-0.05, 0) is 31.0 Å². The van der Waals surface area contributed by atoms with E-state index in [4.69, 9.17) is 10.8 Å². The normalized spacial score (nSPS) is 14.1. The third-order valence-electron chi connectivity index (χ3n) is 2.49. The van der Waals surface area contributed by atoms with Gasteiger partial charge in [0.15, 0.2) is 0 Å². The van der Waals surface area contributed by atoms with Crippen molar-refractivity contribution in [1.82, 2.24) is 0 Å². The van der Waals surface area contributed by atoms with E-state index in [1.807, 2.05) is 0 Å². The molecular formula is C11H12BrNO3. The fourth-order valence-electron chi connectivity index (χ4n) is 1.28. The molecule has 0 aliphatic rings. The molecule has 0 saturated carbocycles. The monoisotopic (exact) mass is 285 g/mol. The van der Waals surface area contributed by atoms with Crippen LogP contribution in [0.1, 0.15) is 12.5 Å². The van der Waals surface area contributed by atoms with E-state index < -0.39 is 17.3 Å². The van der Waals surface area contributed by atoms with E-state index in [9.17, 15) is 9.59 Å². The van der Waals surface area contributed by atoms with Gasteiger partial charge in [0.2, 0.25) is 5.91 Å². The Hall–Kier alpha value is -1.36. The van der Waals surface area contributed by atoms with Crippen molar-refractivity contribution in [2.45, 2.75) is 13.3 Å². The summed E-state index contributed by atoms with van der Waals surface area (Å²) in [4.78, 5) is 22.2. The molecule has 86 valence electrons. The number of nitrogens with two attached hydrogens (primary N) is 1. The van der Waals surface area contributed by atoms with Crippen LogP contribution in [0.15, 0.2) is 28.7 Å². The Labute approximate surface area is 102 Å². The number of halogens is 1. The third-order valence-corrected chi connectivity index (χ3v) is 3.02. The molecule has 16 heavy (non-hydrogen) atoms. The predicted molar refractivity (Wildman–Crippen MR) is 62.8 cm³/mol. The van der Waals surface area contributed by atoms with Gasteiger partial charge in [-0.25, -0.2) is 0 Å². The molecule has 0 spiro atoms. The van der Waals surface area contributed by atoms with Crippen molar-refractivity contribution in [3.05, 3.63) is 34.3 Å². The molecule has 1 aromatic rings. The molecule has 5 heteroatoms. The molecule has 4 nitrogen and oxygen atoms in total. The second-order valence-corrected chi connectivity index (χ2v) is 4.72. The largest absolute Gasteiger partial charge is 0.480 e. The Balaban J connectivity index is 2.97. The summed E-state index contributed by atoms with van der Waals surface area (Å²) in [6, 6.07) is 7.10. The van der Waals surface area contributed by atoms with Gasteiger partial charge in [-0.15, -0.1) is 0 Å². The number of primary amides is 1. The standard InChI is InChI=1S/C11H12BrNO3/c1-11(9(13)14,10(15)16)6-7-2-4-8(12)5-3-7/h2-5H,6H2,1H3,(H2,13,14)(H,15,16)/t11-/m1/s1. The number of carbonyl (C=O) groups excluding carboxylic acids is 1. The molecule has 0 saturated heterocycles. The van der Waals surface area contributed by atoms with E-state index in [0.29, 0.717) is 0 Å². The van der Waals surface area contributed by atoms with Gasteiger partial charge in [-0.2, -0.15) is 0 Å². The van der Waals surface area contributed by atoms with Crippen LogP contribution in [0.4, 0.5) is 0 Å². The van der Waals surface area contributed by atoms with Gasteiger partial charge in [-0.1, -0.05) is 28.1 Å². The van der Waals surface area contributed by atoms with Crippen LogP contribution in [0.25, 0.3) is 0 Å². The minimum absolute atomic E-state index is 0.0882. The smallest absolute Gasteiger partial charge is 0.319 e. The summed E-state index contributed by atoms with van der Waals surface area (Å²) in [5, 5.41) is 9.01. The van der Waals surface area contributed by atoms with Crippen LogP contribution in [-0.4, -0.2) is 17.0 Å². The van der Waals surface area contributed by atoms with Gasteiger partial charge < -0.3 is 10.8 Å². The summed E-state index contributed by atoms with van der Waals surface area (Å²) in [6.45, 7) is 1.33. The van der Waals surface area contributed by atoms with Crippen molar-refractivity contribution >= 4 is 27.8 Å². The molecule has 0 aliphatic carbocycles. The summed E-state index contributed by atoms with van der Waals surface area (Å²) in [7, 11) is 0. The third kappa shape index (κ3) is 2.61. The van der Waals surface area contributed by atoms with E-state index in [1.165, 1.54) is 6.92 Å². The van der Waals surface area contributed by atoms with Crippen LogP contribution in [0.2, 0.25) is 0 Å². The zero-order chi connectivity index (χ0) is 12.3. The quantitative estimate of drug-likeness (QED) is 0.824. The molecule has 3 N–H and O–H groups in total. The maximum absolute atomic E-state index is 11.2. The predicted octanol–water partition coefficient (Wildman–Crippen LogP) is 1.57. The lowest BCUT2D eigenvalue weighted by molar-refractivity contribution is -0.153. The van der Waals surface area contributed by atoms with Crippen molar-refractivity contribution in [3.63, 3.8) is 0 Å². The zero-order valence-electron chi connectivity index (χ0n) is 8.74. The van der Waals surface area contributed by atoms with Crippen LogP contribution in [0, 0.1) is 5.41 Å². The molecule has 1 rings (SSSR count). The maximum atomic E-state index is 11.2. The number of benzene rings is 1. The van der Waals surface area contributed by atoms with Crippen LogP contribution in [0.5, 0.6) is 0 Å². The summed E-state index contributed by atoms with van der Waals surface area (Å²) < 4.78 is 0.896. The minimum atomic E-state index is -1.56. The number of carboxylic acids is 1. The lowest BCUT2D eigenvalue weighted by Gasteiger charge is -2.20. The van der Waals surface area contributed by atoms with Gasteiger partial charge in [0.1, 0.15) is 5.41 Å². The van der Waals surface area contributed by atoms with E-state index in [0.717, 1.165) is 10.0 Å². The van der Waals surface area contributed by atoms with Crippen LogP contribution in [-0.2, 0) is 16.0 Å². The molecule has 0 unspecified atom stereocenters. The topological polar surface area (TPSA) is 80.4 Å². The van der Waals surface area contributed by atoms with Crippen molar-refractivity contribution in [2.75, 3.05) is 0 Å². The first-order chi connectivity index (χ1) is 7.36. The van der Waals surface area contributed by atoms with Crippen LogP contribution in [0.3, 0.4) is 0 Å². The average molecular weight is 286 g/mol. The molecule has 0 heterocycles. The highest BCUT2D eigenvalue weighted by molar-refractivity contribution is 9.10. The highest BCUT2D eigenvalue weighted by Crippen LogP contribution is 2.23. The van der Waals surface area contributed by atoms with Crippen molar-refractivity contribution in [2.24, 2.45) is 11.1 Å². The zero-order valence-corrected chi connectivity index (χ0v) is 10.3. The summed E-state index contributed by atoms with van der Waals surface area (Å²) in [5.74, 6) is -2.04. The highest BCUT2D eigenvalue weighted by Gasteiger charge is 2.39. The Bertz CT molecular complexity index is 400. The summed E-state index contributed by atoms with van der Waals surface area (Å²) in [5.41, 5.74) is 4.32. The first-order valence-electron chi connectivity index (χ1n) is 4.64. The second kappa shape index (κ2) is 4.65. The Kier molecular flexibility index (Phi) is 3.70. The number of amides is 1.